The lowest BCUT2D eigenvalue weighted by molar-refractivity contribution is 0.101. The smallest absolute Gasteiger partial charge is 0.388 e. The van der Waals surface area contributed by atoms with Crippen molar-refractivity contribution in [1.82, 2.24) is 14.8 Å². The lowest BCUT2D eigenvalue weighted by Gasteiger charge is -2.11. The summed E-state index contributed by atoms with van der Waals surface area (Å²) < 4.78 is 33.8. The largest absolute Gasteiger partial charge is 0.437 e. The van der Waals surface area contributed by atoms with E-state index in [4.69, 9.17) is 4.42 Å². The van der Waals surface area contributed by atoms with Crippen LogP contribution in [-0.4, -0.2) is 20.7 Å². The summed E-state index contributed by atoms with van der Waals surface area (Å²) in [6.45, 7) is 1.82. The van der Waals surface area contributed by atoms with Crippen LogP contribution >= 0.6 is 0 Å². The summed E-state index contributed by atoms with van der Waals surface area (Å²) in [6, 6.07) is 10.1. The van der Waals surface area contributed by atoms with Gasteiger partial charge in [0.1, 0.15) is 17.2 Å². The first-order valence-corrected chi connectivity index (χ1v) is 9.19. The molecule has 4 rings (SSSR count). The van der Waals surface area contributed by atoms with Gasteiger partial charge in [0.05, 0.1) is 5.56 Å². The van der Waals surface area contributed by atoms with Crippen LogP contribution in [0.25, 0.3) is 22.6 Å². The molecule has 7 nitrogen and oxygen atoms in total. The third-order valence-corrected chi connectivity index (χ3v) is 4.66. The van der Waals surface area contributed by atoms with Crippen LogP contribution in [0.15, 0.2) is 64.1 Å². The van der Waals surface area contributed by atoms with Crippen molar-refractivity contribution < 1.29 is 18.0 Å². The first kappa shape index (κ1) is 20.1. The van der Waals surface area contributed by atoms with E-state index in [1.54, 1.807) is 30.5 Å². The number of hydrogen-bond donors (Lipinski definition) is 1. The predicted molar refractivity (Wildman–Crippen MR) is 109 cm³/mol. The number of amides is 1. The molecule has 0 spiro atoms. The van der Waals surface area contributed by atoms with Gasteiger partial charge in [0.15, 0.2) is 0 Å². The van der Waals surface area contributed by atoms with E-state index in [0.717, 1.165) is 33.5 Å². The number of pyridine rings is 1. The van der Waals surface area contributed by atoms with Crippen LogP contribution in [0.3, 0.4) is 0 Å². The monoisotopic (exact) mass is 422 g/mol. The maximum absolute atomic E-state index is 13.8. The summed E-state index contributed by atoms with van der Waals surface area (Å²) in [6.07, 6.45) is 3.17. The average Bonchev–Trinajstić information content (AvgIpc) is 3.06. The lowest BCUT2D eigenvalue weighted by atomic mass is 10.00. The molecule has 0 unspecified atom stereocenters. The van der Waals surface area contributed by atoms with E-state index in [9.17, 15) is 18.4 Å². The number of anilines is 1. The van der Waals surface area contributed by atoms with E-state index >= 15 is 0 Å². The van der Waals surface area contributed by atoms with Crippen molar-refractivity contribution in [2.24, 2.45) is 7.05 Å². The maximum Gasteiger partial charge on any atom is 0.437 e. The van der Waals surface area contributed by atoms with Crippen molar-refractivity contribution in [3.63, 3.8) is 0 Å². The van der Waals surface area contributed by atoms with Gasteiger partial charge in [-0.05, 0) is 48.4 Å². The SMILES string of the molecule is Cc1cc(NC(=O)c2c(F)cccc2F)ccc1-c1cncc(-c2nn(C)c(=O)o2)c1. The first-order valence-electron chi connectivity index (χ1n) is 9.19. The molecule has 2 aromatic carbocycles. The summed E-state index contributed by atoms with van der Waals surface area (Å²) >= 11 is 0. The molecule has 0 aliphatic rings. The highest BCUT2D eigenvalue weighted by atomic mass is 19.1. The molecule has 0 aliphatic carbocycles. The average molecular weight is 422 g/mol. The third kappa shape index (κ3) is 3.97. The zero-order chi connectivity index (χ0) is 22.1. The van der Waals surface area contributed by atoms with Crippen LogP contribution in [0.4, 0.5) is 14.5 Å². The number of benzene rings is 2. The number of rotatable bonds is 4. The fraction of sp³-hybridized carbons (Fsp3) is 0.0909. The van der Waals surface area contributed by atoms with Gasteiger partial charge in [-0.1, -0.05) is 12.1 Å². The Morgan fingerprint density at radius 1 is 1.06 bits per heavy atom. The van der Waals surface area contributed by atoms with E-state index in [0.29, 0.717) is 11.3 Å². The minimum absolute atomic E-state index is 0.148. The van der Waals surface area contributed by atoms with Gasteiger partial charge in [0.2, 0.25) is 0 Å². The van der Waals surface area contributed by atoms with Gasteiger partial charge in [-0.25, -0.2) is 13.6 Å². The number of aryl methyl sites for hydroxylation is 2. The number of carbonyl (C=O) groups excluding carboxylic acids is 1. The minimum atomic E-state index is -0.935. The Kier molecular flexibility index (Phi) is 5.16. The Balaban J connectivity index is 1.62. The topological polar surface area (TPSA) is 90.0 Å². The second-order valence-corrected chi connectivity index (χ2v) is 6.84. The zero-order valence-corrected chi connectivity index (χ0v) is 16.5. The molecule has 0 saturated heterocycles. The normalized spacial score (nSPS) is 10.8. The third-order valence-electron chi connectivity index (χ3n) is 4.66. The van der Waals surface area contributed by atoms with Crippen LogP contribution in [0, 0.1) is 18.6 Å². The molecule has 2 aromatic heterocycles. The molecule has 1 N–H and O–H groups in total. The Labute approximate surface area is 175 Å². The minimum Gasteiger partial charge on any atom is -0.388 e. The number of aromatic nitrogens is 3. The molecule has 0 aliphatic heterocycles. The Bertz CT molecular complexity index is 1340. The van der Waals surface area contributed by atoms with Gasteiger partial charge in [-0.3, -0.25) is 9.78 Å². The molecular formula is C22H16F2N4O3. The van der Waals surface area contributed by atoms with Crippen molar-refractivity contribution in [2.75, 3.05) is 5.32 Å². The molecule has 156 valence electrons. The highest BCUT2D eigenvalue weighted by Gasteiger charge is 2.17. The maximum atomic E-state index is 13.8. The number of nitrogens with one attached hydrogen (secondary N) is 1. The van der Waals surface area contributed by atoms with Crippen LogP contribution in [0.2, 0.25) is 0 Å². The Morgan fingerprint density at radius 3 is 2.42 bits per heavy atom. The molecule has 0 bridgehead atoms. The van der Waals surface area contributed by atoms with Gasteiger partial charge in [-0.15, -0.1) is 5.10 Å². The van der Waals surface area contributed by atoms with Crippen molar-refractivity contribution >= 4 is 11.6 Å². The fourth-order valence-corrected chi connectivity index (χ4v) is 3.14. The molecule has 4 aromatic rings. The fourth-order valence-electron chi connectivity index (χ4n) is 3.14. The molecule has 0 saturated carbocycles. The molecule has 31 heavy (non-hydrogen) atoms. The molecular weight excluding hydrogens is 406 g/mol. The van der Waals surface area contributed by atoms with Gasteiger partial charge >= 0.3 is 5.76 Å². The molecule has 2 heterocycles. The van der Waals surface area contributed by atoms with Crippen molar-refractivity contribution in [3.8, 4) is 22.6 Å². The highest BCUT2D eigenvalue weighted by molar-refractivity contribution is 6.04. The number of nitrogens with zero attached hydrogens (tertiary/aromatic N) is 3. The van der Waals surface area contributed by atoms with Crippen LogP contribution in [0.1, 0.15) is 15.9 Å². The highest BCUT2D eigenvalue weighted by Crippen LogP contribution is 2.28. The molecule has 0 radical (unpaired) electrons. The lowest BCUT2D eigenvalue weighted by Crippen LogP contribution is -2.15. The van der Waals surface area contributed by atoms with E-state index in [2.05, 4.69) is 15.4 Å². The van der Waals surface area contributed by atoms with Crippen LogP contribution in [0.5, 0.6) is 0 Å². The van der Waals surface area contributed by atoms with Gasteiger partial charge < -0.3 is 9.73 Å². The van der Waals surface area contributed by atoms with Crippen molar-refractivity contribution in [1.29, 1.82) is 0 Å². The summed E-state index contributed by atoms with van der Waals surface area (Å²) in [5, 5.41) is 6.52. The number of carbonyl (C=O) groups is 1. The summed E-state index contributed by atoms with van der Waals surface area (Å²) in [5.41, 5.74) is 2.60. The Morgan fingerprint density at radius 2 is 1.77 bits per heavy atom. The van der Waals surface area contributed by atoms with Crippen LogP contribution in [-0.2, 0) is 7.05 Å². The first-order chi connectivity index (χ1) is 14.8. The van der Waals surface area contributed by atoms with Crippen molar-refractivity contribution in [2.45, 2.75) is 6.92 Å². The van der Waals surface area contributed by atoms with E-state index < -0.39 is 28.9 Å². The summed E-state index contributed by atoms with van der Waals surface area (Å²) in [5.74, 6) is -3.18. The predicted octanol–water partition coefficient (Wildman–Crippen LogP) is 3.94. The van der Waals surface area contributed by atoms with E-state index in [-0.39, 0.29) is 5.89 Å². The second-order valence-electron chi connectivity index (χ2n) is 6.84. The quantitative estimate of drug-likeness (QED) is 0.538. The van der Waals surface area contributed by atoms with Gasteiger partial charge in [0.25, 0.3) is 11.8 Å². The van der Waals surface area contributed by atoms with Gasteiger partial charge in [0, 0.05) is 30.7 Å². The summed E-state index contributed by atoms with van der Waals surface area (Å²) in [7, 11) is 1.48. The van der Waals surface area contributed by atoms with Crippen LogP contribution < -0.4 is 11.1 Å². The Hall–Kier alpha value is -4.14. The number of hydrogen-bond acceptors (Lipinski definition) is 5. The standard InChI is InChI=1S/C22H16F2N4O3/c1-12-8-15(26-20(29)19-17(23)4-3-5-18(19)24)6-7-16(12)13-9-14(11-25-10-13)21-27-28(2)22(30)31-21/h3-11H,1-2H3,(H,26,29). The molecule has 0 atom stereocenters. The molecule has 9 heteroatoms. The summed E-state index contributed by atoms with van der Waals surface area (Å²) in [4.78, 5) is 28.0. The molecule has 1 amide bonds. The second kappa shape index (κ2) is 7.94. The molecule has 0 fully saturated rings. The van der Waals surface area contributed by atoms with E-state index in [1.807, 2.05) is 6.92 Å². The number of halogens is 2. The van der Waals surface area contributed by atoms with Crippen molar-refractivity contribution in [3.05, 3.63) is 88.2 Å². The van der Waals surface area contributed by atoms with E-state index in [1.165, 1.54) is 19.3 Å². The zero-order valence-electron chi connectivity index (χ0n) is 16.5. The van der Waals surface area contributed by atoms with Gasteiger partial charge in [-0.2, -0.15) is 4.68 Å².